The minimum absolute atomic E-state index is 0.259. The van der Waals surface area contributed by atoms with Crippen molar-refractivity contribution in [2.24, 2.45) is 9.98 Å². The van der Waals surface area contributed by atoms with E-state index in [1.54, 1.807) is 0 Å². The molecule has 1 atom stereocenters. The van der Waals surface area contributed by atoms with Crippen LogP contribution < -0.4 is 5.32 Å². The molecule has 62 heavy (non-hydrogen) atoms. The predicted octanol–water partition coefficient (Wildman–Crippen LogP) is 12.5. The number of fused-ring (bicyclic) bond motifs is 6. The highest BCUT2D eigenvalue weighted by Gasteiger charge is 2.22. The topological polar surface area (TPSA) is 72.4 Å². The number of rotatable bonds is 7. The lowest BCUT2D eigenvalue weighted by Gasteiger charge is -2.23. The summed E-state index contributed by atoms with van der Waals surface area (Å²) in [6.45, 7) is 0. The van der Waals surface area contributed by atoms with E-state index in [9.17, 15) is 0 Å². The van der Waals surface area contributed by atoms with Crippen molar-refractivity contribution in [1.29, 1.82) is 0 Å². The Hall–Kier alpha value is -8.42. The summed E-state index contributed by atoms with van der Waals surface area (Å²) in [5, 5.41) is 8.26. The highest BCUT2D eigenvalue weighted by molar-refractivity contribution is 6.15. The van der Waals surface area contributed by atoms with Gasteiger partial charge in [0, 0.05) is 67.6 Å². The van der Waals surface area contributed by atoms with E-state index >= 15 is 0 Å². The predicted molar refractivity (Wildman–Crippen MR) is 253 cm³/mol. The minimum Gasteiger partial charge on any atom is -0.344 e. The molecule has 0 spiro atoms. The van der Waals surface area contributed by atoms with Crippen molar-refractivity contribution < 1.29 is 0 Å². The van der Waals surface area contributed by atoms with Crippen molar-refractivity contribution in [2.45, 2.75) is 6.17 Å². The van der Waals surface area contributed by atoms with Gasteiger partial charge < -0.3 is 14.5 Å². The van der Waals surface area contributed by atoms with Crippen LogP contribution in [0.2, 0.25) is 0 Å². The molecule has 1 N–H and O–H groups in total. The molecule has 292 valence electrons. The first-order chi connectivity index (χ1) is 30.7. The first-order valence-electron chi connectivity index (χ1n) is 20.8. The molecule has 7 nitrogen and oxygen atoms in total. The van der Waals surface area contributed by atoms with Crippen LogP contribution in [0.3, 0.4) is 0 Å². The number of amidine groups is 2. The molecule has 11 aromatic rings. The number of aromatic nitrogens is 4. The van der Waals surface area contributed by atoms with E-state index < -0.39 is 0 Å². The second-order valence-corrected chi connectivity index (χ2v) is 15.6. The lowest BCUT2D eigenvalue weighted by atomic mass is 10.0. The maximum atomic E-state index is 5.11. The number of hydrogen-bond acceptors (Lipinski definition) is 5. The molecule has 7 heteroatoms. The van der Waals surface area contributed by atoms with Crippen LogP contribution in [0.15, 0.2) is 223 Å². The zero-order valence-corrected chi connectivity index (χ0v) is 33.5. The van der Waals surface area contributed by atoms with E-state index in [-0.39, 0.29) is 6.17 Å². The molecule has 1 unspecified atom stereocenters. The number of hydrogen-bond donors (Lipinski definition) is 1. The summed E-state index contributed by atoms with van der Waals surface area (Å²) >= 11 is 0. The monoisotopic (exact) mass is 795 g/mol. The van der Waals surface area contributed by atoms with Gasteiger partial charge in [-0.1, -0.05) is 103 Å². The maximum Gasteiger partial charge on any atom is 0.159 e. The molecule has 4 aromatic heterocycles. The Balaban J connectivity index is 0.980. The third kappa shape index (κ3) is 6.06. The third-order valence-corrected chi connectivity index (χ3v) is 11.9. The first kappa shape index (κ1) is 35.5. The summed E-state index contributed by atoms with van der Waals surface area (Å²) in [5.74, 6) is 1.50. The van der Waals surface area contributed by atoms with E-state index in [1.807, 2.05) is 73.1 Å². The Morgan fingerprint density at radius 2 is 0.903 bits per heavy atom. The molecule has 0 fully saturated rings. The van der Waals surface area contributed by atoms with E-state index in [2.05, 4.69) is 164 Å². The molecule has 5 heterocycles. The fourth-order valence-corrected chi connectivity index (χ4v) is 8.95. The highest BCUT2D eigenvalue weighted by atomic mass is 15.2. The molecule has 12 rings (SSSR count). The maximum absolute atomic E-state index is 5.11. The van der Waals surface area contributed by atoms with Crippen molar-refractivity contribution >= 4 is 55.3 Å². The van der Waals surface area contributed by atoms with Crippen LogP contribution in [-0.4, -0.2) is 30.8 Å². The second kappa shape index (κ2) is 14.7. The summed E-state index contributed by atoms with van der Waals surface area (Å²) in [5.41, 5.74) is 13.8. The first-order valence-corrected chi connectivity index (χ1v) is 20.8. The fraction of sp³-hybridized carbons (Fsp3) is 0.0182. The number of benzene rings is 7. The van der Waals surface area contributed by atoms with Crippen LogP contribution in [-0.2, 0) is 0 Å². The molecule has 0 radical (unpaired) electrons. The Morgan fingerprint density at radius 3 is 1.55 bits per heavy atom. The van der Waals surface area contributed by atoms with Crippen LogP contribution in [0.25, 0.3) is 77.5 Å². The minimum atomic E-state index is -0.259. The van der Waals surface area contributed by atoms with Crippen LogP contribution in [0.1, 0.15) is 22.9 Å². The van der Waals surface area contributed by atoms with Crippen LogP contribution in [0, 0.1) is 0 Å². The summed E-state index contributed by atoms with van der Waals surface area (Å²) in [4.78, 5) is 19.5. The van der Waals surface area contributed by atoms with Gasteiger partial charge >= 0.3 is 0 Å². The third-order valence-electron chi connectivity index (χ3n) is 11.9. The van der Waals surface area contributed by atoms with Crippen molar-refractivity contribution in [2.75, 3.05) is 0 Å². The van der Waals surface area contributed by atoms with Gasteiger partial charge in [0.15, 0.2) is 5.84 Å². The second-order valence-electron chi connectivity index (χ2n) is 15.6. The van der Waals surface area contributed by atoms with Gasteiger partial charge in [0.05, 0.1) is 33.5 Å². The van der Waals surface area contributed by atoms with Crippen LogP contribution in [0.5, 0.6) is 0 Å². The zero-order valence-electron chi connectivity index (χ0n) is 33.5. The van der Waals surface area contributed by atoms with E-state index in [4.69, 9.17) is 9.98 Å². The quantitative estimate of drug-likeness (QED) is 0.175. The molecule has 0 aliphatic carbocycles. The highest BCUT2D eigenvalue weighted by Crippen LogP contribution is 2.39. The Morgan fingerprint density at radius 1 is 0.387 bits per heavy atom. The van der Waals surface area contributed by atoms with Gasteiger partial charge in [0.2, 0.25) is 0 Å². The van der Waals surface area contributed by atoms with Crippen LogP contribution >= 0.6 is 0 Å². The van der Waals surface area contributed by atoms with Crippen molar-refractivity contribution in [3.8, 4) is 33.9 Å². The molecule has 1 aliphatic rings. The molecule has 7 aromatic carbocycles. The molecular formula is C55H37N7. The molecule has 0 saturated heterocycles. The average molecular weight is 796 g/mol. The largest absolute Gasteiger partial charge is 0.344 e. The van der Waals surface area contributed by atoms with E-state index in [1.165, 1.54) is 10.8 Å². The van der Waals surface area contributed by atoms with Gasteiger partial charge in [-0.25, -0.2) is 9.98 Å². The summed E-state index contributed by atoms with van der Waals surface area (Å²) in [6.07, 6.45) is 3.44. The average Bonchev–Trinajstić information content (AvgIpc) is 3.86. The standard InChI is InChI=1S/C55H37N7/c1-3-13-36(14-4-1)53-58-54(37-15-5-2-6-16-37)60-55(59-53)38-21-25-41(26-22-38)61-49-20-8-7-17-43(49)46-35-42(27-30-52(46)61)62-50-28-23-39(47-18-9-11-31-56-47)33-44(50)45-34-40(24-29-51(45)62)48-19-10-12-32-57-48/h1-35,53H,(H,58,59,60). The number of nitrogens with zero attached hydrogens (tertiary/aromatic N) is 6. The van der Waals surface area contributed by atoms with Crippen molar-refractivity contribution in [1.82, 2.24) is 24.4 Å². The number of pyridine rings is 2. The van der Waals surface area contributed by atoms with Crippen molar-refractivity contribution in [3.63, 3.8) is 0 Å². The van der Waals surface area contributed by atoms with Gasteiger partial charge in [-0.15, -0.1) is 0 Å². The van der Waals surface area contributed by atoms with Gasteiger partial charge in [-0.3, -0.25) is 9.97 Å². The van der Waals surface area contributed by atoms with Crippen LogP contribution in [0.4, 0.5) is 0 Å². The number of para-hydroxylation sites is 1. The van der Waals surface area contributed by atoms with Gasteiger partial charge in [-0.05, 0) is 103 Å². The fourth-order valence-electron chi connectivity index (χ4n) is 8.95. The Labute approximate surface area is 357 Å². The van der Waals surface area contributed by atoms with Crippen molar-refractivity contribution in [3.05, 3.63) is 229 Å². The van der Waals surface area contributed by atoms with Gasteiger partial charge in [0.1, 0.15) is 12.0 Å². The van der Waals surface area contributed by atoms with E-state index in [0.29, 0.717) is 5.84 Å². The molecule has 0 bridgehead atoms. The smallest absolute Gasteiger partial charge is 0.159 e. The Kier molecular flexibility index (Phi) is 8.42. The molecule has 0 amide bonds. The molecule has 0 saturated carbocycles. The summed E-state index contributed by atoms with van der Waals surface area (Å²) < 4.78 is 4.75. The molecular weight excluding hydrogens is 759 g/mol. The van der Waals surface area contributed by atoms with E-state index in [0.717, 1.165) is 89.3 Å². The van der Waals surface area contributed by atoms with Gasteiger partial charge in [-0.2, -0.15) is 0 Å². The summed E-state index contributed by atoms with van der Waals surface area (Å²) in [7, 11) is 0. The Bertz CT molecular complexity index is 3420. The SMILES string of the molecule is c1ccc(C2=NC(c3ccc(-n4c5ccccc5c5cc(-n6c7ccc(-c8ccccn8)cc7c7cc(-c8ccccn8)ccc76)ccc54)cc3)=NC(c3ccccc3)N2)cc1. The lowest BCUT2D eigenvalue weighted by Crippen LogP contribution is -2.33. The number of nitrogens with one attached hydrogen (secondary N) is 1. The lowest BCUT2D eigenvalue weighted by molar-refractivity contribution is 0.674. The summed E-state index contributed by atoms with van der Waals surface area (Å²) in [6, 6.07) is 70.2. The van der Waals surface area contributed by atoms with Gasteiger partial charge in [0.25, 0.3) is 0 Å². The number of aliphatic imine (C=N–C) groups is 2. The molecule has 1 aliphatic heterocycles. The zero-order chi connectivity index (χ0) is 41.0. The normalized spacial score (nSPS) is 14.0.